The van der Waals surface area contributed by atoms with Gasteiger partial charge in [-0.3, -0.25) is 9.78 Å². The van der Waals surface area contributed by atoms with Crippen LogP contribution in [0.3, 0.4) is 0 Å². The van der Waals surface area contributed by atoms with E-state index in [1.165, 1.54) is 6.07 Å². The summed E-state index contributed by atoms with van der Waals surface area (Å²) in [6.45, 7) is 1.90. The molecule has 2 rings (SSSR count). The number of rotatable bonds is 1. The number of nitrogens with one attached hydrogen (secondary N) is 1. The first-order valence-electron chi connectivity index (χ1n) is 3.87. The van der Waals surface area contributed by atoms with Gasteiger partial charge < -0.3 is 4.52 Å². The predicted molar refractivity (Wildman–Crippen MR) is 47.3 cm³/mol. The molecule has 2 heterocycles. The first-order chi connectivity index (χ1) is 6.25. The Bertz CT molecular complexity index is 453. The molecular formula is C9H8N2O2. The maximum atomic E-state index is 10.8. The highest BCUT2D eigenvalue weighted by Gasteiger charge is 2.02. The molecule has 13 heavy (non-hydrogen) atoms. The molecule has 0 saturated heterocycles. The van der Waals surface area contributed by atoms with Crippen LogP contribution >= 0.6 is 0 Å². The molecule has 0 fully saturated rings. The zero-order valence-electron chi connectivity index (χ0n) is 7.07. The summed E-state index contributed by atoms with van der Waals surface area (Å²) in [6, 6.07) is 5.11. The number of aryl methyl sites for hydroxylation is 1. The maximum Gasteiger partial charge on any atom is 0.280 e. The molecule has 0 bridgehead atoms. The SMILES string of the molecule is Cc1ccc(-c2cc(=O)[nH]o2)cn1. The van der Waals surface area contributed by atoms with Crippen LogP contribution in [0.4, 0.5) is 0 Å². The summed E-state index contributed by atoms with van der Waals surface area (Å²) in [5.41, 5.74) is 1.49. The lowest BCUT2D eigenvalue weighted by molar-refractivity contribution is 0.425. The van der Waals surface area contributed by atoms with E-state index in [0.29, 0.717) is 5.76 Å². The molecule has 2 aromatic heterocycles. The van der Waals surface area contributed by atoms with Gasteiger partial charge in [0.2, 0.25) is 0 Å². The van der Waals surface area contributed by atoms with Gasteiger partial charge in [0.05, 0.1) is 6.07 Å². The van der Waals surface area contributed by atoms with Crippen LogP contribution in [0.5, 0.6) is 0 Å². The van der Waals surface area contributed by atoms with Crippen LogP contribution in [0.2, 0.25) is 0 Å². The van der Waals surface area contributed by atoms with Gasteiger partial charge in [-0.05, 0) is 19.1 Å². The minimum atomic E-state index is -0.240. The summed E-state index contributed by atoms with van der Waals surface area (Å²) < 4.78 is 4.91. The Hall–Kier alpha value is -1.84. The van der Waals surface area contributed by atoms with Crippen molar-refractivity contribution < 1.29 is 4.52 Å². The normalized spacial score (nSPS) is 10.2. The van der Waals surface area contributed by atoms with Crippen LogP contribution in [-0.4, -0.2) is 10.1 Å². The van der Waals surface area contributed by atoms with Crippen molar-refractivity contribution >= 4 is 0 Å². The molecule has 0 radical (unpaired) electrons. The fourth-order valence-corrected chi connectivity index (χ4v) is 1.04. The van der Waals surface area contributed by atoms with E-state index in [1.54, 1.807) is 6.20 Å². The van der Waals surface area contributed by atoms with Gasteiger partial charge in [0, 0.05) is 17.5 Å². The lowest BCUT2D eigenvalue weighted by atomic mass is 10.2. The minimum absolute atomic E-state index is 0.240. The van der Waals surface area contributed by atoms with Crippen LogP contribution in [0.25, 0.3) is 11.3 Å². The molecule has 1 N–H and O–H groups in total. The summed E-state index contributed by atoms with van der Waals surface area (Å²) >= 11 is 0. The highest BCUT2D eigenvalue weighted by Crippen LogP contribution is 2.15. The van der Waals surface area contributed by atoms with Gasteiger partial charge in [0.15, 0.2) is 5.76 Å². The van der Waals surface area contributed by atoms with Gasteiger partial charge in [-0.2, -0.15) is 5.16 Å². The van der Waals surface area contributed by atoms with E-state index in [2.05, 4.69) is 10.1 Å². The molecule has 0 amide bonds. The van der Waals surface area contributed by atoms with Gasteiger partial charge in [0.1, 0.15) is 0 Å². The van der Waals surface area contributed by atoms with Crippen LogP contribution in [-0.2, 0) is 0 Å². The Kier molecular flexibility index (Phi) is 1.73. The van der Waals surface area contributed by atoms with E-state index in [0.717, 1.165) is 11.3 Å². The lowest BCUT2D eigenvalue weighted by Gasteiger charge is -1.94. The molecule has 0 aliphatic carbocycles. The average Bonchev–Trinajstić information content (AvgIpc) is 2.53. The molecule has 2 aromatic rings. The summed E-state index contributed by atoms with van der Waals surface area (Å²) in [6.07, 6.45) is 1.67. The summed E-state index contributed by atoms with van der Waals surface area (Å²) in [4.78, 5) is 14.8. The van der Waals surface area contributed by atoms with Gasteiger partial charge in [-0.15, -0.1) is 0 Å². The third-order valence-electron chi connectivity index (χ3n) is 1.72. The summed E-state index contributed by atoms with van der Waals surface area (Å²) in [5.74, 6) is 0.512. The molecule has 0 aromatic carbocycles. The van der Waals surface area contributed by atoms with Crippen molar-refractivity contribution in [2.24, 2.45) is 0 Å². The van der Waals surface area contributed by atoms with Gasteiger partial charge >= 0.3 is 0 Å². The van der Waals surface area contributed by atoms with Crippen molar-refractivity contribution in [3.63, 3.8) is 0 Å². The molecule has 4 nitrogen and oxygen atoms in total. The maximum absolute atomic E-state index is 10.8. The molecule has 0 atom stereocenters. The smallest absolute Gasteiger partial charge is 0.280 e. The van der Waals surface area contributed by atoms with E-state index in [4.69, 9.17) is 4.52 Å². The molecule has 0 aliphatic rings. The van der Waals surface area contributed by atoms with Crippen molar-refractivity contribution in [1.29, 1.82) is 0 Å². The van der Waals surface area contributed by atoms with E-state index in [1.807, 2.05) is 19.1 Å². The van der Waals surface area contributed by atoms with Gasteiger partial charge in [-0.1, -0.05) is 0 Å². The van der Waals surface area contributed by atoms with Crippen LogP contribution in [0, 0.1) is 6.92 Å². The molecule has 0 aliphatic heterocycles. The number of aromatic nitrogens is 2. The van der Waals surface area contributed by atoms with Crippen LogP contribution in [0.15, 0.2) is 33.7 Å². The Balaban J connectivity index is 2.47. The molecule has 66 valence electrons. The fourth-order valence-electron chi connectivity index (χ4n) is 1.04. The average molecular weight is 176 g/mol. The number of hydrogen-bond donors (Lipinski definition) is 1. The Morgan fingerprint density at radius 2 is 2.31 bits per heavy atom. The number of hydrogen-bond acceptors (Lipinski definition) is 3. The van der Waals surface area contributed by atoms with Crippen LogP contribution in [0.1, 0.15) is 5.69 Å². The second-order valence-corrected chi connectivity index (χ2v) is 2.77. The fraction of sp³-hybridized carbons (Fsp3) is 0.111. The highest BCUT2D eigenvalue weighted by atomic mass is 16.5. The van der Waals surface area contributed by atoms with Crippen molar-refractivity contribution in [2.45, 2.75) is 6.92 Å². The monoisotopic (exact) mass is 176 g/mol. The van der Waals surface area contributed by atoms with Gasteiger partial charge in [-0.25, -0.2) is 0 Å². The zero-order valence-corrected chi connectivity index (χ0v) is 7.07. The molecule has 0 spiro atoms. The third-order valence-corrected chi connectivity index (χ3v) is 1.72. The van der Waals surface area contributed by atoms with Crippen molar-refractivity contribution in [3.05, 3.63) is 40.4 Å². The predicted octanol–water partition coefficient (Wildman–Crippen LogP) is 1.34. The first-order valence-corrected chi connectivity index (χ1v) is 3.87. The van der Waals surface area contributed by atoms with Crippen molar-refractivity contribution in [2.75, 3.05) is 0 Å². The lowest BCUT2D eigenvalue weighted by Crippen LogP contribution is -1.92. The topological polar surface area (TPSA) is 58.9 Å². The largest absolute Gasteiger partial charge is 0.378 e. The van der Waals surface area contributed by atoms with Crippen molar-refractivity contribution in [1.82, 2.24) is 10.1 Å². The Labute approximate surface area is 74.2 Å². The standard InChI is InChI=1S/C9H8N2O2/c1-6-2-3-7(5-10-6)8-4-9(12)11-13-8/h2-5H,1H3,(H,11,12). The van der Waals surface area contributed by atoms with E-state index in [-0.39, 0.29) is 5.56 Å². The van der Waals surface area contributed by atoms with Gasteiger partial charge in [0.25, 0.3) is 5.56 Å². The molecule has 0 unspecified atom stereocenters. The molecule has 4 heteroatoms. The zero-order chi connectivity index (χ0) is 9.26. The number of pyridine rings is 1. The van der Waals surface area contributed by atoms with Crippen LogP contribution < -0.4 is 5.56 Å². The summed E-state index contributed by atoms with van der Waals surface area (Å²) in [7, 11) is 0. The minimum Gasteiger partial charge on any atom is -0.378 e. The Morgan fingerprint density at radius 1 is 1.46 bits per heavy atom. The molecule has 0 saturated carbocycles. The number of aromatic amines is 1. The first kappa shape index (κ1) is 7.79. The third kappa shape index (κ3) is 1.51. The van der Waals surface area contributed by atoms with E-state index >= 15 is 0 Å². The highest BCUT2D eigenvalue weighted by molar-refractivity contribution is 5.54. The quantitative estimate of drug-likeness (QED) is 0.713. The second kappa shape index (κ2) is 2.90. The molecular weight excluding hydrogens is 168 g/mol. The number of H-pyrrole nitrogens is 1. The van der Waals surface area contributed by atoms with Crippen molar-refractivity contribution in [3.8, 4) is 11.3 Å². The van der Waals surface area contributed by atoms with E-state index in [9.17, 15) is 4.79 Å². The number of nitrogens with zero attached hydrogens (tertiary/aromatic N) is 1. The summed E-state index contributed by atoms with van der Waals surface area (Å²) in [5, 5.41) is 2.22. The Morgan fingerprint density at radius 3 is 2.85 bits per heavy atom. The van der Waals surface area contributed by atoms with E-state index < -0.39 is 0 Å². The second-order valence-electron chi connectivity index (χ2n) is 2.77.